The first-order chi connectivity index (χ1) is 17.4. The van der Waals surface area contributed by atoms with Crippen molar-refractivity contribution in [3.63, 3.8) is 0 Å². The molecule has 37 heavy (non-hydrogen) atoms. The molecule has 9 nitrogen and oxygen atoms in total. The van der Waals surface area contributed by atoms with E-state index in [2.05, 4.69) is 10.6 Å². The maximum Gasteiger partial charge on any atom is 0.418 e. The minimum absolute atomic E-state index is 0.0242. The summed E-state index contributed by atoms with van der Waals surface area (Å²) in [5.74, 6) is -4.42. The van der Waals surface area contributed by atoms with Crippen LogP contribution in [0.5, 0.6) is 0 Å². The lowest BCUT2D eigenvalue weighted by atomic mass is 10.1. The van der Waals surface area contributed by atoms with E-state index in [1.165, 1.54) is 12.1 Å². The summed E-state index contributed by atoms with van der Waals surface area (Å²) in [4.78, 5) is 49.5. The van der Waals surface area contributed by atoms with E-state index >= 15 is 0 Å². The average Bonchev–Trinajstić information content (AvgIpc) is 3.27. The number of ether oxygens (including phenoxy) is 1. The van der Waals surface area contributed by atoms with Gasteiger partial charge in [-0.2, -0.15) is 22.0 Å². The van der Waals surface area contributed by atoms with E-state index in [9.17, 15) is 41.1 Å². The van der Waals surface area contributed by atoms with E-state index < -0.39 is 72.4 Å². The van der Waals surface area contributed by atoms with E-state index in [0.29, 0.717) is 6.07 Å². The molecule has 1 fully saturated rings. The van der Waals surface area contributed by atoms with Gasteiger partial charge in [-0.3, -0.25) is 19.2 Å². The molecular weight excluding hydrogens is 551 g/mol. The van der Waals surface area contributed by atoms with Gasteiger partial charge in [-0.15, -0.1) is 11.3 Å². The molecule has 1 atom stereocenters. The molecule has 2 aromatic rings. The molecule has 1 aliphatic rings. The topological polar surface area (TPSA) is 117 Å². The highest BCUT2D eigenvalue weighted by Gasteiger charge is 2.37. The van der Waals surface area contributed by atoms with Crippen LogP contribution in [0, 0.1) is 0 Å². The Morgan fingerprint density at radius 1 is 1.14 bits per heavy atom. The fourth-order valence-corrected chi connectivity index (χ4v) is 4.20. The first-order valence-corrected chi connectivity index (χ1v) is 11.6. The lowest BCUT2D eigenvalue weighted by Crippen LogP contribution is -2.52. The SMILES string of the molecule is O=C(NC[C@@H](NC(=O)C(F)F)C(=O)Nc1ccc(N2CCOCC2=O)c(C(F)(F)F)c1)c1ccc(Cl)s1. The second-order valence-electron chi connectivity index (χ2n) is 7.49. The van der Waals surface area contributed by atoms with Crippen molar-refractivity contribution in [3.8, 4) is 0 Å². The van der Waals surface area contributed by atoms with Crippen molar-refractivity contribution in [3.05, 3.63) is 45.1 Å². The number of hydrogen-bond acceptors (Lipinski definition) is 6. The normalized spacial score (nSPS) is 14.9. The molecule has 1 aliphatic heterocycles. The summed E-state index contributed by atoms with van der Waals surface area (Å²) in [6.45, 7) is -1.16. The number of halogens is 6. The fraction of sp³-hybridized carbons (Fsp3) is 0.333. The predicted molar refractivity (Wildman–Crippen MR) is 123 cm³/mol. The van der Waals surface area contributed by atoms with Crippen LogP contribution in [-0.2, 0) is 25.3 Å². The Balaban J connectivity index is 1.81. The highest BCUT2D eigenvalue weighted by atomic mass is 35.5. The van der Waals surface area contributed by atoms with Crippen molar-refractivity contribution >= 4 is 57.9 Å². The average molecular weight is 569 g/mol. The number of carbonyl (C=O) groups excluding carboxylic acids is 4. The zero-order chi connectivity index (χ0) is 27.3. The van der Waals surface area contributed by atoms with Gasteiger partial charge in [0.25, 0.3) is 17.7 Å². The highest BCUT2D eigenvalue weighted by Crippen LogP contribution is 2.38. The van der Waals surface area contributed by atoms with Crippen LogP contribution in [0.4, 0.5) is 33.3 Å². The van der Waals surface area contributed by atoms with Crippen molar-refractivity contribution in [1.29, 1.82) is 0 Å². The van der Waals surface area contributed by atoms with Gasteiger partial charge >= 0.3 is 12.6 Å². The summed E-state index contributed by atoms with van der Waals surface area (Å²) in [6.07, 6.45) is -8.42. The van der Waals surface area contributed by atoms with Crippen LogP contribution in [-0.4, -0.2) is 62.4 Å². The van der Waals surface area contributed by atoms with Gasteiger partial charge < -0.3 is 25.6 Å². The lowest BCUT2D eigenvalue weighted by Gasteiger charge is -2.29. The maximum absolute atomic E-state index is 13.8. The molecule has 0 unspecified atom stereocenters. The highest BCUT2D eigenvalue weighted by molar-refractivity contribution is 7.18. The van der Waals surface area contributed by atoms with E-state index in [4.69, 9.17) is 16.3 Å². The summed E-state index contributed by atoms with van der Waals surface area (Å²) in [5, 5.41) is 6.12. The van der Waals surface area contributed by atoms with Gasteiger partial charge in [0.05, 0.1) is 27.1 Å². The summed E-state index contributed by atoms with van der Waals surface area (Å²) >= 11 is 6.65. The second-order valence-corrected chi connectivity index (χ2v) is 9.21. The molecule has 16 heteroatoms. The van der Waals surface area contributed by atoms with Gasteiger partial charge in [0.2, 0.25) is 5.91 Å². The number of morpholine rings is 1. The monoisotopic (exact) mass is 568 g/mol. The molecule has 0 spiro atoms. The van der Waals surface area contributed by atoms with E-state index in [1.807, 2.05) is 0 Å². The molecule has 1 aromatic carbocycles. The summed E-state index contributed by atoms with van der Waals surface area (Å²) in [7, 11) is 0. The van der Waals surface area contributed by atoms with Crippen LogP contribution >= 0.6 is 22.9 Å². The van der Waals surface area contributed by atoms with Crippen LogP contribution < -0.4 is 20.9 Å². The molecule has 3 N–H and O–H groups in total. The Bertz CT molecular complexity index is 1190. The largest absolute Gasteiger partial charge is 0.418 e. The molecule has 0 bridgehead atoms. The third-order valence-electron chi connectivity index (χ3n) is 4.94. The predicted octanol–water partition coefficient (Wildman–Crippen LogP) is 2.90. The number of anilines is 2. The standard InChI is InChI=1S/C21H18ClF5N4O5S/c22-15-4-3-14(37-15)19(34)28-8-12(30-20(35)17(23)24)18(33)29-10-1-2-13(11(7-10)21(25,26)27)31-5-6-36-9-16(31)32/h1-4,7,12,17H,5-6,8-9H2,(H,28,34)(H,29,33)(H,30,35)/t12-/m1/s1. The molecule has 3 rings (SSSR count). The third kappa shape index (κ3) is 7.36. The first kappa shape index (κ1) is 28.3. The Hall–Kier alpha value is -3.30. The number of hydrogen-bond donors (Lipinski definition) is 3. The van der Waals surface area contributed by atoms with E-state index in [0.717, 1.165) is 28.4 Å². The number of thiophene rings is 1. The molecule has 4 amide bonds. The second kappa shape index (κ2) is 11.8. The Kier molecular flexibility index (Phi) is 9.04. The zero-order valence-corrected chi connectivity index (χ0v) is 20.1. The molecule has 0 radical (unpaired) electrons. The summed E-state index contributed by atoms with van der Waals surface area (Å²) < 4.78 is 72.0. The number of nitrogens with zero attached hydrogens (tertiary/aromatic N) is 1. The van der Waals surface area contributed by atoms with E-state index in [1.54, 1.807) is 5.32 Å². The number of alkyl halides is 5. The summed E-state index contributed by atoms with van der Waals surface area (Å²) in [6, 6.07) is 3.63. The summed E-state index contributed by atoms with van der Waals surface area (Å²) in [5.41, 5.74) is -2.09. The minimum Gasteiger partial charge on any atom is -0.370 e. The third-order valence-corrected chi connectivity index (χ3v) is 6.17. The fourth-order valence-electron chi connectivity index (χ4n) is 3.24. The van der Waals surface area contributed by atoms with Crippen molar-refractivity contribution in [2.45, 2.75) is 18.6 Å². The minimum atomic E-state index is -4.92. The molecular formula is C21H18ClF5N4O5S. The van der Waals surface area contributed by atoms with Gasteiger partial charge in [-0.05, 0) is 30.3 Å². The van der Waals surface area contributed by atoms with Crippen molar-refractivity contribution < 1.29 is 45.9 Å². The van der Waals surface area contributed by atoms with Crippen molar-refractivity contribution in [1.82, 2.24) is 10.6 Å². The Labute approximate surface area is 214 Å². The van der Waals surface area contributed by atoms with Gasteiger partial charge in [-0.25, -0.2) is 0 Å². The molecule has 1 aromatic heterocycles. The first-order valence-electron chi connectivity index (χ1n) is 10.4. The number of amides is 4. The Morgan fingerprint density at radius 3 is 2.46 bits per heavy atom. The van der Waals surface area contributed by atoms with Gasteiger partial charge in [0, 0.05) is 18.8 Å². The number of benzene rings is 1. The molecule has 0 aliphatic carbocycles. The quantitative estimate of drug-likeness (QED) is 0.424. The maximum atomic E-state index is 13.8. The zero-order valence-electron chi connectivity index (χ0n) is 18.5. The Morgan fingerprint density at radius 2 is 1.86 bits per heavy atom. The van der Waals surface area contributed by atoms with Crippen LogP contribution in [0.25, 0.3) is 0 Å². The van der Waals surface area contributed by atoms with Crippen LogP contribution in [0.1, 0.15) is 15.2 Å². The van der Waals surface area contributed by atoms with Gasteiger partial charge in [-0.1, -0.05) is 11.6 Å². The van der Waals surface area contributed by atoms with Gasteiger partial charge in [0.15, 0.2) is 0 Å². The number of rotatable bonds is 8. The van der Waals surface area contributed by atoms with Gasteiger partial charge in [0.1, 0.15) is 12.6 Å². The lowest BCUT2D eigenvalue weighted by molar-refractivity contribution is -0.137. The van der Waals surface area contributed by atoms with Crippen molar-refractivity contribution in [2.75, 3.05) is 36.5 Å². The van der Waals surface area contributed by atoms with Crippen LogP contribution in [0.3, 0.4) is 0 Å². The molecule has 2 heterocycles. The molecule has 200 valence electrons. The molecule has 1 saturated heterocycles. The van der Waals surface area contributed by atoms with Crippen molar-refractivity contribution in [2.24, 2.45) is 0 Å². The number of nitrogens with one attached hydrogen (secondary N) is 3. The number of carbonyl (C=O) groups is 4. The van der Waals surface area contributed by atoms with Crippen LogP contribution in [0.2, 0.25) is 4.34 Å². The molecule has 0 saturated carbocycles. The van der Waals surface area contributed by atoms with Crippen LogP contribution in [0.15, 0.2) is 30.3 Å². The van der Waals surface area contributed by atoms with E-state index in [-0.39, 0.29) is 22.4 Å². The smallest absolute Gasteiger partial charge is 0.370 e.